The summed E-state index contributed by atoms with van der Waals surface area (Å²) in [5.74, 6) is 4.23. The maximum atomic E-state index is 5.34. The second-order valence-corrected chi connectivity index (χ2v) is 3.41. The number of para-hydroxylation sites is 1. The van der Waals surface area contributed by atoms with Gasteiger partial charge in [-0.1, -0.05) is 12.0 Å². The van der Waals surface area contributed by atoms with Crippen molar-refractivity contribution in [1.29, 1.82) is 0 Å². The van der Waals surface area contributed by atoms with Crippen LogP contribution in [-0.4, -0.2) is 34.4 Å². The Bertz CT molecular complexity index is 586. The van der Waals surface area contributed by atoms with Gasteiger partial charge in [-0.2, -0.15) is 0 Å². The number of terminal acetylenes is 1. The Morgan fingerprint density at radius 2 is 2.17 bits per heavy atom. The lowest BCUT2D eigenvalue weighted by Crippen LogP contribution is -2.02. The van der Waals surface area contributed by atoms with Gasteiger partial charge in [0.15, 0.2) is 17.3 Å². The zero-order chi connectivity index (χ0) is 13.0. The third kappa shape index (κ3) is 1.98. The summed E-state index contributed by atoms with van der Waals surface area (Å²) >= 11 is 0. The van der Waals surface area contributed by atoms with Gasteiger partial charge < -0.3 is 9.47 Å². The molecule has 0 aliphatic carbocycles. The molecular weight excluding hydrogens is 232 g/mol. The van der Waals surface area contributed by atoms with Gasteiger partial charge in [0.2, 0.25) is 0 Å². The molecule has 18 heavy (non-hydrogen) atoms. The number of hydrogen-bond acceptors (Lipinski definition) is 5. The lowest BCUT2D eigenvalue weighted by molar-refractivity contribution is 0.356. The molecule has 0 spiro atoms. The van der Waals surface area contributed by atoms with Crippen molar-refractivity contribution in [2.24, 2.45) is 0 Å². The van der Waals surface area contributed by atoms with E-state index in [1.54, 1.807) is 20.3 Å². The van der Waals surface area contributed by atoms with E-state index < -0.39 is 0 Å². The summed E-state index contributed by atoms with van der Waals surface area (Å²) in [4.78, 5) is 0. The fourth-order valence-electron chi connectivity index (χ4n) is 1.65. The number of ether oxygens (including phenoxy) is 2. The number of aromatic nitrogens is 4. The zero-order valence-corrected chi connectivity index (χ0v) is 10.1. The van der Waals surface area contributed by atoms with Gasteiger partial charge in [0.25, 0.3) is 0 Å². The molecule has 0 fully saturated rings. The van der Waals surface area contributed by atoms with Crippen molar-refractivity contribution in [1.82, 2.24) is 20.2 Å². The van der Waals surface area contributed by atoms with Crippen molar-refractivity contribution in [2.75, 3.05) is 14.2 Å². The van der Waals surface area contributed by atoms with Crippen LogP contribution in [0.2, 0.25) is 0 Å². The third-order valence-corrected chi connectivity index (χ3v) is 2.42. The lowest BCUT2D eigenvalue weighted by Gasteiger charge is -2.11. The van der Waals surface area contributed by atoms with E-state index in [2.05, 4.69) is 21.4 Å². The highest BCUT2D eigenvalue weighted by molar-refractivity contribution is 5.68. The van der Waals surface area contributed by atoms with Crippen LogP contribution in [-0.2, 0) is 6.54 Å². The van der Waals surface area contributed by atoms with E-state index in [1.165, 1.54) is 4.68 Å². The summed E-state index contributed by atoms with van der Waals surface area (Å²) in [7, 11) is 3.14. The minimum Gasteiger partial charge on any atom is -0.493 e. The van der Waals surface area contributed by atoms with E-state index in [9.17, 15) is 0 Å². The van der Waals surface area contributed by atoms with Crippen LogP contribution in [0, 0.1) is 12.3 Å². The zero-order valence-electron chi connectivity index (χ0n) is 10.1. The molecule has 1 heterocycles. The molecule has 0 bridgehead atoms. The van der Waals surface area contributed by atoms with Crippen molar-refractivity contribution in [3.63, 3.8) is 0 Å². The summed E-state index contributed by atoms with van der Waals surface area (Å²) in [5, 5.41) is 11.4. The van der Waals surface area contributed by atoms with E-state index in [4.69, 9.17) is 15.9 Å². The summed E-state index contributed by atoms with van der Waals surface area (Å²) in [5.41, 5.74) is 0.733. The average Bonchev–Trinajstić information content (AvgIpc) is 2.86. The van der Waals surface area contributed by atoms with E-state index in [0.29, 0.717) is 23.9 Å². The molecule has 0 amide bonds. The fourth-order valence-corrected chi connectivity index (χ4v) is 1.65. The first-order valence-electron chi connectivity index (χ1n) is 5.22. The first-order valence-corrected chi connectivity index (χ1v) is 5.22. The quantitative estimate of drug-likeness (QED) is 0.750. The van der Waals surface area contributed by atoms with Crippen LogP contribution < -0.4 is 9.47 Å². The van der Waals surface area contributed by atoms with Crippen LogP contribution in [0.15, 0.2) is 18.2 Å². The Morgan fingerprint density at radius 1 is 1.33 bits per heavy atom. The minimum atomic E-state index is 0.294. The maximum Gasteiger partial charge on any atom is 0.186 e. The van der Waals surface area contributed by atoms with Gasteiger partial charge in [-0.25, -0.2) is 4.68 Å². The Balaban J connectivity index is 2.57. The molecule has 0 atom stereocenters. The van der Waals surface area contributed by atoms with Crippen LogP contribution in [0.25, 0.3) is 11.4 Å². The van der Waals surface area contributed by atoms with Crippen LogP contribution in [0.4, 0.5) is 0 Å². The fraction of sp³-hybridized carbons (Fsp3) is 0.250. The van der Waals surface area contributed by atoms with Crippen molar-refractivity contribution < 1.29 is 9.47 Å². The smallest absolute Gasteiger partial charge is 0.186 e. The first-order chi connectivity index (χ1) is 8.81. The third-order valence-electron chi connectivity index (χ3n) is 2.42. The van der Waals surface area contributed by atoms with Crippen molar-refractivity contribution in [3.05, 3.63) is 18.2 Å². The Morgan fingerprint density at radius 3 is 2.83 bits per heavy atom. The first kappa shape index (κ1) is 11.9. The molecule has 1 aromatic carbocycles. The van der Waals surface area contributed by atoms with Crippen LogP contribution >= 0.6 is 0 Å². The number of rotatable bonds is 4. The topological polar surface area (TPSA) is 62.1 Å². The molecule has 2 aromatic rings. The highest BCUT2D eigenvalue weighted by Gasteiger charge is 2.16. The molecular formula is C12H12N4O2. The van der Waals surface area contributed by atoms with Crippen LogP contribution in [0.5, 0.6) is 11.5 Å². The van der Waals surface area contributed by atoms with Gasteiger partial charge in [-0.15, -0.1) is 11.5 Å². The van der Waals surface area contributed by atoms with Gasteiger partial charge in [-0.3, -0.25) is 0 Å². The van der Waals surface area contributed by atoms with E-state index in [-0.39, 0.29) is 0 Å². The predicted molar refractivity (Wildman–Crippen MR) is 65.2 cm³/mol. The second-order valence-electron chi connectivity index (χ2n) is 3.41. The Kier molecular flexibility index (Phi) is 3.44. The van der Waals surface area contributed by atoms with Gasteiger partial charge >= 0.3 is 0 Å². The lowest BCUT2D eigenvalue weighted by atomic mass is 10.1. The van der Waals surface area contributed by atoms with Crippen LogP contribution in [0.1, 0.15) is 0 Å². The summed E-state index contributed by atoms with van der Waals surface area (Å²) in [6, 6.07) is 5.49. The number of benzene rings is 1. The standard InChI is InChI=1S/C12H12N4O2/c1-4-8-16-12(13-14-15-16)9-6-5-7-10(17-2)11(9)18-3/h1,5-7H,8H2,2-3H3. The minimum absolute atomic E-state index is 0.294. The van der Waals surface area contributed by atoms with E-state index in [0.717, 1.165) is 5.56 Å². The monoisotopic (exact) mass is 244 g/mol. The van der Waals surface area contributed by atoms with Gasteiger partial charge in [-0.05, 0) is 22.6 Å². The molecule has 92 valence electrons. The van der Waals surface area contributed by atoms with Gasteiger partial charge in [0.05, 0.1) is 19.8 Å². The molecule has 6 nitrogen and oxygen atoms in total. The summed E-state index contributed by atoms with van der Waals surface area (Å²) < 4.78 is 12.1. The molecule has 0 saturated carbocycles. The van der Waals surface area contributed by atoms with E-state index >= 15 is 0 Å². The molecule has 0 aliphatic rings. The van der Waals surface area contributed by atoms with E-state index in [1.807, 2.05) is 12.1 Å². The highest BCUT2D eigenvalue weighted by atomic mass is 16.5. The summed E-state index contributed by atoms with van der Waals surface area (Å²) in [6.07, 6.45) is 5.27. The van der Waals surface area contributed by atoms with Crippen molar-refractivity contribution in [2.45, 2.75) is 6.54 Å². The largest absolute Gasteiger partial charge is 0.493 e. The Labute approximate surface area is 105 Å². The molecule has 1 aromatic heterocycles. The molecule has 0 saturated heterocycles. The molecule has 0 unspecified atom stereocenters. The number of methoxy groups -OCH3 is 2. The molecule has 6 heteroatoms. The number of tetrazole rings is 1. The number of hydrogen-bond donors (Lipinski definition) is 0. The number of nitrogens with zero attached hydrogens (tertiary/aromatic N) is 4. The van der Waals surface area contributed by atoms with Crippen molar-refractivity contribution in [3.8, 4) is 35.2 Å². The molecule has 0 aliphatic heterocycles. The summed E-state index contributed by atoms with van der Waals surface area (Å²) in [6.45, 7) is 0.294. The molecule has 0 radical (unpaired) electrons. The second kappa shape index (κ2) is 5.19. The Hall–Kier alpha value is -2.55. The normalized spacial score (nSPS) is 9.83. The predicted octanol–water partition coefficient (Wildman–Crippen LogP) is 0.990. The van der Waals surface area contributed by atoms with Gasteiger partial charge in [0, 0.05) is 0 Å². The molecule has 2 rings (SSSR count). The molecule has 0 N–H and O–H groups in total. The average molecular weight is 244 g/mol. The SMILES string of the molecule is C#CCn1nnnc1-c1cccc(OC)c1OC. The maximum absolute atomic E-state index is 5.34. The van der Waals surface area contributed by atoms with Crippen molar-refractivity contribution >= 4 is 0 Å². The highest BCUT2D eigenvalue weighted by Crippen LogP contribution is 2.36. The van der Waals surface area contributed by atoms with Gasteiger partial charge in [0.1, 0.15) is 6.54 Å². The van der Waals surface area contributed by atoms with Crippen LogP contribution in [0.3, 0.4) is 0 Å².